The van der Waals surface area contributed by atoms with Crippen molar-refractivity contribution in [3.63, 3.8) is 0 Å². The van der Waals surface area contributed by atoms with Crippen molar-refractivity contribution in [2.24, 2.45) is 0 Å². The highest BCUT2D eigenvalue weighted by molar-refractivity contribution is 6.08. The molecule has 0 bridgehead atoms. The average molecular weight is 508 g/mol. The van der Waals surface area contributed by atoms with Crippen molar-refractivity contribution in [2.45, 2.75) is 20.8 Å². The third kappa shape index (κ3) is 4.57. The minimum atomic E-state index is -0.525. The van der Waals surface area contributed by atoms with Crippen LogP contribution in [0.1, 0.15) is 38.9 Å². The van der Waals surface area contributed by atoms with E-state index in [0.717, 1.165) is 5.56 Å². The van der Waals surface area contributed by atoms with E-state index in [2.05, 4.69) is 25.8 Å². The number of aryl methyl sites for hydroxylation is 2. The summed E-state index contributed by atoms with van der Waals surface area (Å²) >= 11 is 0. The van der Waals surface area contributed by atoms with E-state index in [-0.39, 0.29) is 29.1 Å². The molecule has 5 aromatic rings. The fourth-order valence-corrected chi connectivity index (χ4v) is 4.31. The van der Waals surface area contributed by atoms with Gasteiger partial charge in [-0.3, -0.25) is 20.4 Å². The molecule has 2 heterocycles. The third-order valence-corrected chi connectivity index (χ3v) is 6.17. The van der Waals surface area contributed by atoms with Crippen molar-refractivity contribution in [3.05, 3.63) is 99.3 Å². The van der Waals surface area contributed by atoms with Crippen LogP contribution in [0.3, 0.4) is 0 Å². The normalized spacial score (nSPS) is 10.9. The number of carbonyl (C=O) groups excluding carboxylic acids is 2. The smallest absolute Gasteiger partial charge is 0.342 e. The molecule has 0 saturated carbocycles. The number of carbonyl (C=O) groups is 2. The molecule has 38 heavy (non-hydrogen) atoms. The number of aromatic nitrogens is 3. The maximum atomic E-state index is 13.2. The fraction of sp³-hybridized carbons (Fsp3) is 0.138. The lowest BCUT2D eigenvalue weighted by Gasteiger charge is -2.14. The number of anilines is 1. The van der Waals surface area contributed by atoms with Gasteiger partial charge in [0.2, 0.25) is 5.95 Å². The van der Waals surface area contributed by atoms with Gasteiger partial charge in [0.15, 0.2) is 5.43 Å². The number of fused-ring (bicyclic) bond motifs is 2. The van der Waals surface area contributed by atoms with E-state index in [1.807, 2.05) is 37.3 Å². The first-order valence-corrected chi connectivity index (χ1v) is 12.1. The molecule has 3 N–H and O–H groups in total. The second kappa shape index (κ2) is 10.1. The standard InChI is InChI=1S/C29H25N5O4/c1-4-38-28(37)23-17(3)30-29(32-24(23)18-14-12-16(2)13-15-18)34-33-27(36)21-10-7-9-20-25(21)31-22-11-6-5-8-19(22)26(20)35/h5-15H,4H2,1-3H3,(H,31,35)(H,33,36)(H,30,32,34). The molecule has 3 aromatic carbocycles. The molecule has 2 aromatic heterocycles. The maximum absolute atomic E-state index is 13.2. The van der Waals surface area contributed by atoms with Crippen molar-refractivity contribution in [1.29, 1.82) is 0 Å². The van der Waals surface area contributed by atoms with Crippen LogP contribution in [0.25, 0.3) is 33.1 Å². The minimum Gasteiger partial charge on any atom is -0.462 e. The van der Waals surface area contributed by atoms with Crippen LogP contribution in [0.2, 0.25) is 0 Å². The predicted octanol–water partition coefficient (Wildman–Crippen LogP) is 4.69. The molecule has 0 spiro atoms. The number of rotatable bonds is 6. The van der Waals surface area contributed by atoms with E-state index in [1.165, 1.54) is 0 Å². The van der Waals surface area contributed by atoms with Gasteiger partial charge in [0.1, 0.15) is 5.56 Å². The Morgan fingerprint density at radius 2 is 1.66 bits per heavy atom. The second-order valence-corrected chi connectivity index (χ2v) is 8.75. The van der Waals surface area contributed by atoms with Crippen LogP contribution in [-0.4, -0.2) is 33.4 Å². The summed E-state index contributed by atoms with van der Waals surface area (Å²) in [6.07, 6.45) is 0. The number of benzene rings is 3. The molecule has 9 nitrogen and oxygen atoms in total. The van der Waals surface area contributed by atoms with E-state index < -0.39 is 11.9 Å². The number of nitrogens with zero attached hydrogens (tertiary/aromatic N) is 2. The summed E-state index contributed by atoms with van der Waals surface area (Å²) in [5.41, 5.74) is 9.34. The number of pyridine rings is 1. The highest BCUT2D eigenvalue weighted by atomic mass is 16.5. The molecule has 0 fully saturated rings. The van der Waals surface area contributed by atoms with Gasteiger partial charge in [-0.2, -0.15) is 0 Å². The van der Waals surface area contributed by atoms with Crippen LogP contribution in [0.5, 0.6) is 0 Å². The Morgan fingerprint density at radius 1 is 0.921 bits per heavy atom. The van der Waals surface area contributed by atoms with Crippen molar-refractivity contribution in [3.8, 4) is 11.3 Å². The van der Waals surface area contributed by atoms with Crippen LogP contribution >= 0.6 is 0 Å². The zero-order valence-electron chi connectivity index (χ0n) is 21.1. The Hall–Kier alpha value is -5.05. The SMILES string of the molecule is CCOC(=O)c1c(C)nc(NNC(=O)c2cccc3c(=O)c4ccccc4[nH]c23)nc1-c1ccc(C)cc1. The lowest BCUT2D eigenvalue weighted by Crippen LogP contribution is -2.31. The van der Waals surface area contributed by atoms with E-state index in [0.29, 0.717) is 38.8 Å². The Morgan fingerprint density at radius 3 is 2.42 bits per heavy atom. The quantitative estimate of drug-likeness (QED) is 0.173. The van der Waals surface area contributed by atoms with Gasteiger partial charge in [0, 0.05) is 21.9 Å². The number of nitrogens with one attached hydrogen (secondary N) is 3. The van der Waals surface area contributed by atoms with E-state index in [4.69, 9.17) is 4.74 Å². The van der Waals surface area contributed by atoms with Gasteiger partial charge < -0.3 is 9.72 Å². The number of ether oxygens (including phenoxy) is 1. The molecule has 0 aliphatic rings. The summed E-state index contributed by atoms with van der Waals surface area (Å²) < 4.78 is 5.23. The Labute approximate surface area is 217 Å². The van der Waals surface area contributed by atoms with Crippen molar-refractivity contribution in [2.75, 3.05) is 12.0 Å². The molecule has 0 unspecified atom stereocenters. The van der Waals surface area contributed by atoms with Crippen molar-refractivity contribution >= 4 is 39.6 Å². The average Bonchev–Trinajstić information content (AvgIpc) is 2.92. The predicted molar refractivity (Wildman–Crippen MR) is 146 cm³/mol. The number of hydrogen-bond acceptors (Lipinski definition) is 7. The van der Waals surface area contributed by atoms with Gasteiger partial charge in [0.25, 0.3) is 5.91 Å². The van der Waals surface area contributed by atoms with Gasteiger partial charge in [-0.1, -0.05) is 48.0 Å². The van der Waals surface area contributed by atoms with Crippen molar-refractivity contribution in [1.82, 2.24) is 20.4 Å². The molecule has 1 amide bonds. The van der Waals surface area contributed by atoms with Crippen LogP contribution in [0.4, 0.5) is 5.95 Å². The number of amides is 1. The summed E-state index contributed by atoms with van der Waals surface area (Å²) in [6.45, 7) is 5.59. The Bertz CT molecular complexity index is 1760. The lowest BCUT2D eigenvalue weighted by molar-refractivity contribution is 0.0525. The summed E-state index contributed by atoms with van der Waals surface area (Å²) in [6, 6.07) is 19.7. The van der Waals surface area contributed by atoms with Gasteiger partial charge in [-0.15, -0.1) is 0 Å². The molecule has 190 valence electrons. The van der Waals surface area contributed by atoms with Crippen LogP contribution in [0, 0.1) is 13.8 Å². The van der Waals surface area contributed by atoms with Gasteiger partial charge >= 0.3 is 5.97 Å². The molecular weight excluding hydrogens is 482 g/mol. The highest BCUT2D eigenvalue weighted by Crippen LogP contribution is 2.26. The maximum Gasteiger partial charge on any atom is 0.342 e. The topological polar surface area (TPSA) is 126 Å². The molecule has 5 rings (SSSR count). The molecule has 0 atom stereocenters. The summed E-state index contributed by atoms with van der Waals surface area (Å²) in [5, 5.41) is 0.953. The summed E-state index contributed by atoms with van der Waals surface area (Å²) in [4.78, 5) is 51.0. The highest BCUT2D eigenvalue weighted by Gasteiger charge is 2.22. The van der Waals surface area contributed by atoms with Crippen molar-refractivity contribution < 1.29 is 14.3 Å². The summed E-state index contributed by atoms with van der Waals surface area (Å²) in [5.74, 6) is -0.920. The largest absolute Gasteiger partial charge is 0.462 e. The van der Waals surface area contributed by atoms with Gasteiger partial charge in [0.05, 0.1) is 29.1 Å². The number of hydrogen-bond donors (Lipinski definition) is 3. The lowest BCUT2D eigenvalue weighted by atomic mass is 10.0. The number of esters is 1. The third-order valence-electron chi connectivity index (χ3n) is 6.17. The fourth-order valence-electron chi connectivity index (χ4n) is 4.31. The Balaban J connectivity index is 1.49. The van der Waals surface area contributed by atoms with E-state index in [1.54, 1.807) is 50.2 Å². The first-order chi connectivity index (χ1) is 18.4. The van der Waals surface area contributed by atoms with Gasteiger partial charge in [-0.05, 0) is 45.0 Å². The zero-order valence-corrected chi connectivity index (χ0v) is 21.1. The zero-order chi connectivity index (χ0) is 26.8. The number of H-pyrrole nitrogens is 1. The first-order valence-electron chi connectivity index (χ1n) is 12.1. The van der Waals surface area contributed by atoms with Crippen LogP contribution in [0.15, 0.2) is 71.5 Å². The van der Waals surface area contributed by atoms with Crippen LogP contribution < -0.4 is 16.3 Å². The van der Waals surface area contributed by atoms with E-state index >= 15 is 0 Å². The number of aromatic amines is 1. The van der Waals surface area contributed by atoms with Gasteiger partial charge in [-0.25, -0.2) is 14.8 Å². The first kappa shape index (κ1) is 24.6. The Kier molecular flexibility index (Phi) is 6.57. The molecule has 0 aliphatic carbocycles. The molecular formula is C29H25N5O4. The summed E-state index contributed by atoms with van der Waals surface area (Å²) in [7, 11) is 0. The number of hydrazine groups is 1. The number of para-hydroxylation sites is 2. The molecule has 0 aliphatic heterocycles. The minimum absolute atomic E-state index is 0.0960. The van der Waals surface area contributed by atoms with E-state index in [9.17, 15) is 14.4 Å². The monoisotopic (exact) mass is 507 g/mol. The molecule has 0 radical (unpaired) electrons. The second-order valence-electron chi connectivity index (χ2n) is 8.75. The molecule has 0 saturated heterocycles. The van der Waals surface area contributed by atoms with Crippen LogP contribution in [-0.2, 0) is 4.74 Å². The molecule has 9 heteroatoms.